The highest BCUT2D eigenvalue weighted by atomic mass is 16.1. The molecule has 1 unspecified atom stereocenters. The van der Waals surface area contributed by atoms with Crippen LogP contribution >= 0.6 is 0 Å². The number of nitrogens with zero attached hydrogens (tertiary/aromatic N) is 2. The van der Waals surface area contributed by atoms with Gasteiger partial charge in [-0.3, -0.25) is 4.79 Å². The number of nitrogens with one attached hydrogen (secondary N) is 1. The monoisotopic (exact) mass is 338 g/mol. The second-order valence-electron chi connectivity index (χ2n) is 6.84. The summed E-state index contributed by atoms with van der Waals surface area (Å²) in [6, 6.07) is 9.94. The van der Waals surface area contributed by atoms with E-state index in [1.165, 1.54) is 17.5 Å². The van der Waals surface area contributed by atoms with E-state index in [9.17, 15) is 4.79 Å². The summed E-state index contributed by atoms with van der Waals surface area (Å²) in [5.41, 5.74) is 10.2. The summed E-state index contributed by atoms with van der Waals surface area (Å²) in [5, 5.41) is 3.00. The summed E-state index contributed by atoms with van der Waals surface area (Å²) in [7, 11) is 3.90. The number of anilines is 1. The van der Waals surface area contributed by atoms with Crippen molar-refractivity contribution in [2.45, 2.75) is 31.7 Å². The molecule has 5 heteroatoms. The lowest BCUT2D eigenvalue weighted by Crippen LogP contribution is -2.24. The van der Waals surface area contributed by atoms with Crippen molar-refractivity contribution in [1.29, 1.82) is 0 Å². The second kappa shape index (κ2) is 7.66. The number of carbonyl (C=O) groups excluding carboxylic acids is 1. The number of aryl methyl sites for hydroxylation is 1. The molecule has 1 aliphatic carbocycles. The number of aromatic nitrogens is 1. The molecule has 1 amide bonds. The van der Waals surface area contributed by atoms with Crippen molar-refractivity contribution >= 4 is 11.7 Å². The molecule has 1 aromatic heterocycles. The number of fused-ring (bicyclic) bond motifs is 1. The van der Waals surface area contributed by atoms with E-state index in [2.05, 4.69) is 16.4 Å². The quantitative estimate of drug-likeness (QED) is 0.878. The standard InChI is InChI=1S/C20H26N4O/c1-24(2)19-10-14(8-9-22-19)13-23-20(25)16-7-6-15-4-3-5-17(12-21)18(15)11-16/h6-11,17H,3-5,12-13,21H2,1-2H3,(H,23,25). The van der Waals surface area contributed by atoms with Crippen LogP contribution in [0.1, 0.15) is 45.8 Å². The van der Waals surface area contributed by atoms with Crippen molar-refractivity contribution in [2.24, 2.45) is 5.73 Å². The van der Waals surface area contributed by atoms with Gasteiger partial charge in [-0.1, -0.05) is 6.07 Å². The second-order valence-corrected chi connectivity index (χ2v) is 6.84. The minimum Gasteiger partial charge on any atom is -0.363 e. The van der Waals surface area contributed by atoms with Crippen molar-refractivity contribution in [3.05, 3.63) is 58.8 Å². The van der Waals surface area contributed by atoms with Gasteiger partial charge in [0.25, 0.3) is 5.91 Å². The van der Waals surface area contributed by atoms with E-state index in [1.54, 1.807) is 6.20 Å². The molecule has 1 aliphatic rings. The first-order valence-electron chi connectivity index (χ1n) is 8.82. The fourth-order valence-electron chi connectivity index (χ4n) is 3.38. The van der Waals surface area contributed by atoms with Gasteiger partial charge >= 0.3 is 0 Å². The molecule has 0 fully saturated rings. The van der Waals surface area contributed by atoms with Crippen LogP contribution in [0.4, 0.5) is 5.82 Å². The van der Waals surface area contributed by atoms with Gasteiger partial charge in [-0.05, 0) is 72.7 Å². The number of hydrogen-bond donors (Lipinski definition) is 2. The number of pyridine rings is 1. The predicted molar refractivity (Wildman–Crippen MR) is 101 cm³/mol. The van der Waals surface area contributed by atoms with Gasteiger partial charge in [0.05, 0.1) is 0 Å². The smallest absolute Gasteiger partial charge is 0.251 e. The summed E-state index contributed by atoms with van der Waals surface area (Å²) in [4.78, 5) is 18.8. The molecule has 2 aromatic rings. The lowest BCUT2D eigenvalue weighted by Gasteiger charge is -2.24. The van der Waals surface area contributed by atoms with Gasteiger partial charge in [0, 0.05) is 32.4 Å². The van der Waals surface area contributed by atoms with Crippen molar-refractivity contribution in [3.63, 3.8) is 0 Å². The Kier molecular flexibility index (Phi) is 5.34. The van der Waals surface area contributed by atoms with Gasteiger partial charge in [-0.15, -0.1) is 0 Å². The lowest BCUT2D eigenvalue weighted by molar-refractivity contribution is 0.0950. The zero-order chi connectivity index (χ0) is 17.8. The Morgan fingerprint density at radius 3 is 2.92 bits per heavy atom. The molecule has 1 heterocycles. The fraction of sp³-hybridized carbons (Fsp3) is 0.400. The Hall–Kier alpha value is -2.40. The SMILES string of the molecule is CN(C)c1cc(CNC(=O)c2ccc3c(c2)C(CN)CCC3)ccn1. The van der Waals surface area contributed by atoms with E-state index in [1.807, 2.05) is 43.3 Å². The zero-order valence-electron chi connectivity index (χ0n) is 15.0. The molecule has 25 heavy (non-hydrogen) atoms. The molecule has 0 spiro atoms. The van der Waals surface area contributed by atoms with Crippen LogP contribution in [0.2, 0.25) is 0 Å². The number of amides is 1. The van der Waals surface area contributed by atoms with E-state index < -0.39 is 0 Å². The maximum atomic E-state index is 12.5. The zero-order valence-corrected chi connectivity index (χ0v) is 15.0. The molecule has 3 rings (SSSR count). The van der Waals surface area contributed by atoms with Gasteiger partial charge in [-0.25, -0.2) is 4.98 Å². The first-order chi connectivity index (χ1) is 12.1. The van der Waals surface area contributed by atoms with Crippen molar-refractivity contribution in [3.8, 4) is 0 Å². The Morgan fingerprint density at radius 1 is 1.32 bits per heavy atom. The van der Waals surface area contributed by atoms with Crippen LogP contribution in [0.25, 0.3) is 0 Å². The highest BCUT2D eigenvalue weighted by molar-refractivity contribution is 5.94. The maximum Gasteiger partial charge on any atom is 0.251 e. The number of benzene rings is 1. The van der Waals surface area contributed by atoms with Crippen molar-refractivity contribution in [2.75, 3.05) is 25.5 Å². The third-order valence-electron chi connectivity index (χ3n) is 4.85. The predicted octanol–water partition coefficient (Wildman–Crippen LogP) is 2.46. The number of rotatable bonds is 5. The molecule has 0 saturated carbocycles. The molecular weight excluding hydrogens is 312 g/mol. The normalized spacial score (nSPS) is 16.2. The summed E-state index contributed by atoms with van der Waals surface area (Å²) in [6.45, 7) is 1.13. The van der Waals surface area contributed by atoms with Gasteiger partial charge in [0.1, 0.15) is 5.82 Å². The van der Waals surface area contributed by atoms with Crippen LogP contribution in [0.5, 0.6) is 0 Å². The number of nitrogens with two attached hydrogens (primary N) is 1. The van der Waals surface area contributed by atoms with Crippen LogP contribution < -0.4 is 16.0 Å². The van der Waals surface area contributed by atoms with Gasteiger partial charge in [-0.2, -0.15) is 0 Å². The largest absolute Gasteiger partial charge is 0.363 e. The number of carbonyl (C=O) groups is 1. The van der Waals surface area contributed by atoms with Crippen molar-refractivity contribution in [1.82, 2.24) is 10.3 Å². The average Bonchev–Trinajstić information content (AvgIpc) is 2.65. The van der Waals surface area contributed by atoms with E-state index in [4.69, 9.17) is 5.73 Å². The van der Waals surface area contributed by atoms with E-state index in [0.29, 0.717) is 24.6 Å². The van der Waals surface area contributed by atoms with Crippen LogP contribution in [0.3, 0.4) is 0 Å². The number of hydrogen-bond acceptors (Lipinski definition) is 4. The molecule has 3 N–H and O–H groups in total. The molecule has 5 nitrogen and oxygen atoms in total. The van der Waals surface area contributed by atoms with Gasteiger partial charge < -0.3 is 16.0 Å². The Labute approximate surface area is 149 Å². The summed E-state index contributed by atoms with van der Waals surface area (Å²) in [5.74, 6) is 1.21. The molecule has 0 aliphatic heterocycles. The Bertz CT molecular complexity index is 757. The third kappa shape index (κ3) is 3.99. The first kappa shape index (κ1) is 17.4. The molecular formula is C20H26N4O. The van der Waals surface area contributed by atoms with Gasteiger partial charge in [0.2, 0.25) is 0 Å². The van der Waals surface area contributed by atoms with E-state index in [0.717, 1.165) is 24.2 Å². The minimum absolute atomic E-state index is 0.0487. The maximum absolute atomic E-state index is 12.5. The molecule has 0 saturated heterocycles. The molecule has 1 atom stereocenters. The van der Waals surface area contributed by atoms with Crippen LogP contribution in [0, 0.1) is 0 Å². The summed E-state index contributed by atoms with van der Waals surface area (Å²) in [6.07, 6.45) is 5.13. The van der Waals surface area contributed by atoms with Crippen LogP contribution in [0.15, 0.2) is 36.5 Å². The lowest BCUT2D eigenvalue weighted by atomic mass is 9.82. The molecule has 1 aromatic carbocycles. The first-order valence-corrected chi connectivity index (χ1v) is 8.82. The molecule has 0 radical (unpaired) electrons. The van der Waals surface area contributed by atoms with Crippen molar-refractivity contribution < 1.29 is 4.79 Å². The fourth-order valence-corrected chi connectivity index (χ4v) is 3.38. The third-order valence-corrected chi connectivity index (χ3v) is 4.85. The molecule has 0 bridgehead atoms. The van der Waals surface area contributed by atoms with Crippen LogP contribution in [-0.4, -0.2) is 31.5 Å². The highest BCUT2D eigenvalue weighted by Crippen LogP contribution is 2.31. The summed E-state index contributed by atoms with van der Waals surface area (Å²) >= 11 is 0. The van der Waals surface area contributed by atoms with E-state index in [-0.39, 0.29) is 5.91 Å². The Morgan fingerprint density at radius 2 is 2.16 bits per heavy atom. The minimum atomic E-state index is -0.0487. The van der Waals surface area contributed by atoms with Crippen LogP contribution in [-0.2, 0) is 13.0 Å². The average molecular weight is 338 g/mol. The summed E-state index contributed by atoms with van der Waals surface area (Å²) < 4.78 is 0. The topological polar surface area (TPSA) is 71.2 Å². The Balaban J connectivity index is 1.70. The van der Waals surface area contributed by atoms with Gasteiger partial charge in [0.15, 0.2) is 0 Å². The van der Waals surface area contributed by atoms with E-state index >= 15 is 0 Å². The molecule has 132 valence electrons. The highest BCUT2D eigenvalue weighted by Gasteiger charge is 2.20.